The van der Waals surface area contributed by atoms with E-state index in [-0.39, 0.29) is 0 Å². The van der Waals surface area contributed by atoms with E-state index in [9.17, 15) is 8.42 Å². The average Bonchev–Trinajstić information content (AvgIpc) is 2.60. The standard InChI is InChI=1S/C20H28N2O2S/c1-4-5-6-17-7-11-19(12-8-17)21-15-18-9-13-20(14-10-18)22-25(23,24)16(2)3/h7-14,16,21-22H,4-6,15H2,1-3H3. The summed E-state index contributed by atoms with van der Waals surface area (Å²) in [5.74, 6) is 0. The van der Waals surface area contributed by atoms with Gasteiger partial charge in [0.25, 0.3) is 0 Å². The van der Waals surface area contributed by atoms with Crippen LogP contribution in [0, 0.1) is 0 Å². The van der Waals surface area contributed by atoms with Crippen LogP contribution in [0.4, 0.5) is 11.4 Å². The zero-order valence-corrected chi connectivity index (χ0v) is 16.1. The number of unbranched alkanes of at least 4 members (excludes halogenated alkanes) is 1. The first kappa shape index (κ1) is 19.3. The van der Waals surface area contributed by atoms with Crippen molar-refractivity contribution in [1.29, 1.82) is 0 Å². The first-order chi connectivity index (χ1) is 11.9. The van der Waals surface area contributed by atoms with Gasteiger partial charge in [0.2, 0.25) is 10.0 Å². The van der Waals surface area contributed by atoms with Gasteiger partial charge < -0.3 is 5.32 Å². The Hall–Kier alpha value is -2.01. The fourth-order valence-electron chi connectivity index (χ4n) is 2.35. The first-order valence-corrected chi connectivity index (χ1v) is 10.4. The molecule has 25 heavy (non-hydrogen) atoms. The van der Waals surface area contributed by atoms with Crippen LogP contribution in [0.3, 0.4) is 0 Å². The van der Waals surface area contributed by atoms with E-state index < -0.39 is 15.3 Å². The summed E-state index contributed by atoms with van der Waals surface area (Å²) in [5.41, 5.74) is 4.15. The quantitative estimate of drug-likeness (QED) is 0.676. The summed E-state index contributed by atoms with van der Waals surface area (Å²) in [5, 5.41) is 2.94. The highest BCUT2D eigenvalue weighted by Gasteiger charge is 2.15. The zero-order chi connectivity index (χ0) is 18.3. The lowest BCUT2D eigenvalue weighted by Gasteiger charge is -2.12. The van der Waals surface area contributed by atoms with Gasteiger partial charge in [-0.1, -0.05) is 37.6 Å². The van der Waals surface area contributed by atoms with Gasteiger partial charge in [-0.3, -0.25) is 4.72 Å². The second-order valence-corrected chi connectivity index (χ2v) is 8.78. The lowest BCUT2D eigenvalue weighted by molar-refractivity contribution is 0.593. The summed E-state index contributed by atoms with van der Waals surface area (Å²) in [7, 11) is -3.30. The van der Waals surface area contributed by atoms with Crippen LogP contribution in [0.5, 0.6) is 0 Å². The predicted octanol–water partition coefficient (Wildman–Crippen LogP) is 4.79. The maximum atomic E-state index is 11.9. The molecule has 0 aliphatic carbocycles. The molecule has 4 nitrogen and oxygen atoms in total. The predicted molar refractivity (Wildman–Crippen MR) is 107 cm³/mol. The van der Waals surface area contributed by atoms with E-state index in [2.05, 4.69) is 41.2 Å². The molecule has 0 unspecified atom stereocenters. The molecule has 2 aromatic carbocycles. The zero-order valence-electron chi connectivity index (χ0n) is 15.2. The Morgan fingerprint density at radius 3 is 2.00 bits per heavy atom. The molecule has 2 aromatic rings. The Labute approximate surface area is 151 Å². The fraction of sp³-hybridized carbons (Fsp3) is 0.400. The van der Waals surface area contributed by atoms with E-state index in [1.807, 2.05) is 12.1 Å². The summed E-state index contributed by atoms with van der Waals surface area (Å²) in [6.45, 7) is 6.22. The third-order valence-electron chi connectivity index (χ3n) is 4.10. The molecule has 0 aromatic heterocycles. The molecule has 0 aliphatic rings. The number of anilines is 2. The Bertz CT molecular complexity index is 751. The normalized spacial score (nSPS) is 11.5. The van der Waals surface area contributed by atoms with E-state index in [1.54, 1.807) is 26.0 Å². The van der Waals surface area contributed by atoms with E-state index in [4.69, 9.17) is 0 Å². The van der Waals surface area contributed by atoms with Crippen LogP contribution in [0.15, 0.2) is 48.5 Å². The highest BCUT2D eigenvalue weighted by atomic mass is 32.2. The molecular weight excluding hydrogens is 332 g/mol. The lowest BCUT2D eigenvalue weighted by Crippen LogP contribution is -2.22. The highest BCUT2D eigenvalue weighted by molar-refractivity contribution is 7.93. The second-order valence-electron chi connectivity index (χ2n) is 6.55. The maximum Gasteiger partial charge on any atom is 0.235 e. The van der Waals surface area contributed by atoms with Gasteiger partial charge in [-0.25, -0.2) is 8.42 Å². The molecule has 2 N–H and O–H groups in total. The van der Waals surface area contributed by atoms with Crippen LogP contribution in [0.1, 0.15) is 44.7 Å². The Morgan fingerprint density at radius 1 is 0.880 bits per heavy atom. The van der Waals surface area contributed by atoms with Gasteiger partial charge in [0.1, 0.15) is 0 Å². The topological polar surface area (TPSA) is 58.2 Å². The SMILES string of the molecule is CCCCc1ccc(NCc2ccc(NS(=O)(=O)C(C)C)cc2)cc1. The van der Waals surface area contributed by atoms with Gasteiger partial charge in [0.15, 0.2) is 0 Å². The molecule has 0 aliphatic heterocycles. The molecule has 0 bridgehead atoms. The van der Waals surface area contributed by atoms with Crippen molar-refractivity contribution < 1.29 is 8.42 Å². The van der Waals surface area contributed by atoms with Crippen LogP contribution >= 0.6 is 0 Å². The Morgan fingerprint density at radius 2 is 1.44 bits per heavy atom. The Balaban J connectivity index is 1.89. The van der Waals surface area contributed by atoms with Gasteiger partial charge in [-0.05, 0) is 62.1 Å². The lowest BCUT2D eigenvalue weighted by atomic mass is 10.1. The third-order valence-corrected chi connectivity index (χ3v) is 5.87. The highest BCUT2D eigenvalue weighted by Crippen LogP contribution is 2.16. The third kappa shape index (κ3) is 6.09. The average molecular weight is 361 g/mol. The molecule has 0 radical (unpaired) electrons. The monoisotopic (exact) mass is 360 g/mol. The van der Waals surface area contributed by atoms with E-state index >= 15 is 0 Å². The molecule has 2 rings (SSSR count). The minimum Gasteiger partial charge on any atom is -0.381 e. The van der Waals surface area contributed by atoms with Gasteiger partial charge in [-0.15, -0.1) is 0 Å². The van der Waals surface area contributed by atoms with Crippen molar-refractivity contribution in [2.45, 2.75) is 51.8 Å². The molecule has 0 saturated heterocycles. The van der Waals surface area contributed by atoms with Crippen molar-refractivity contribution in [3.05, 3.63) is 59.7 Å². The summed E-state index contributed by atoms with van der Waals surface area (Å²) in [4.78, 5) is 0. The molecule has 0 spiro atoms. The molecule has 5 heteroatoms. The summed E-state index contributed by atoms with van der Waals surface area (Å²) in [6, 6.07) is 16.0. The number of aryl methyl sites for hydroxylation is 1. The van der Waals surface area contributed by atoms with Crippen LogP contribution in [-0.4, -0.2) is 13.7 Å². The van der Waals surface area contributed by atoms with Crippen molar-refractivity contribution in [1.82, 2.24) is 0 Å². The van der Waals surface area contributed by atoms with Crippen molar-refractivity contribution >= 4 is 21.4 Å². The number of nitrogens with one attached hydrogen (secondary N) is 2. The molecule has 0 heterocycles. The molecule has 0 fully saturated rings. The van der Waals surface area contributed by atoms with Crippen LogP contribution in [0.2, 0.25) is 0 Å². The molecule has 136 valence electrons. The van der Waals surface area contributed by atoms with Crippen LogP contribution in [-0.2, 0) is 23.0 Å². The van der Waals surface area contributed by atoms with Crippen LogP contribution < -0.4 is 10.0 Å². The van der Waals surface area contributed by atoms with Crippen molar-refractivity contribution in [3.63, 3.8) is 0 Å². The van der Waals surface area contributed by atoms with E-state index in [0.29, 0.717) is 12.2 Å². The minimum absolute atomic E-state index is 0.450. The van der Waals surface area contributed by atoms with Gasteiger partial charge >= 0.3 is 0 Å². The summed E-state index contributed by atoms with van der Waals surface area (Å²) in [6.07, 6.45) is 3.56. The smallest absolute Gasteiger partial charge is 0.235 e. The summed E-state index contributed by atoms with van der Waals surface area (Å²) < 4.78 is 26.3. The maximum absolute atomic E-state index is 11.9. The number of rotatable bonds is 9. The molecular formula is C20H28N2O2S. The van der Waals surface area contributed by atoms with E-state index in [0.717, 1.165) is 17.7 Å². The molecule has 0 atom stereocenters. The fourth-order valence-corrected chi connectivity index (χ4v) is 3.05. The Kier molecular flexibility index (Phi) is 6.88. The van der Waals surface area contributed by atoms with Gasteiger partial charge in [0, 0.05) is 17.9 Å². The summed E-state index contributed by atoms with van der Waals surface area (Å²) >= 11 is 0. The van der Waals surface area contributed by atoms with Gasteiger partial charge in [-0.2, -0.15) is 0 Å². The first-order valence-electron chi connectivity index (χ1n) is 8.84. The minimum atomic E-state index is -3.30. The number of sulfonamides is 1. The molecule has 0 saturated carbocycles. The van der Waals surface area contributed by atoms with Crippen molar-refractivity contribution in [2.24, 2.45) is 0 Å². The van der Waals surface area contributed by atoms with E-state index in [1.165, 1.54) is 18.4 Å². The number of hydrogen-bond donors (Lipinski definition) is 2. The second kappa shape index (κ2) is 8.90. The van der Waals surface area contributed by atoms with Crippen LogP contribution in [0.25, 0.3) is 0 Å². The van der Waals surface area contributed by atoms with Gasteiger partial charge in [0.05, 0.1) is 5.25 Å². The van der Waals surface area contributed by atoms with Crippen molar-refractivity contribution in [2.75, 3.05) is 10.0 Å². The molecule has 0 amide bonds. The number of hydrogen-bond acceptors (Lipinski definition) is 3. The largest absolute Gasteiger partial charge is 0.381 e. The number of benzene rings is 2. The van der Waals surface area contributed by atoms with Crippen molar-refractivity contribution in [3.8, 4) is 0 Å².